The third-order valence-corrected chi connectivity index (χ3v) is 4.93. The lowest BCUT2D eigenvalue weighted by atomic mass is 10.0. The van der Waals surface area contributed by atoms with E-state index in [9.17, 15) is 22.4 Å². The number of rotatable bonds is 3. The average molecular weight is 371 g/mol. The number of aromatic nitrogens is 2. The van der Waals surface area contributed by atoms with E-state index in [0.717, 1.165) is 5.82 Å². The fraction of sp³-hybridized carbons (Fsp3) is 0.556. The monoisotopic (exact) mass is 371 g/mol. The minimum absolute atomic E-state index is 0.0452. The number of fused-ring (bicyclic) bond motifs is 1. The van der Waals surface area contributed by atoms with Crippen LogP contribution in [0.15, 0.2) is 18.2 Å². The molecule has 1 atom stereocenters. The van der Waals surface area contributed by atoms with Gasteiger partial charge in [0.15, 0.2) is 0 Å². The first-order valence-electron chi connectivity index (χ1n) is 8.65. The molecule has 8 heteroatoms. The van der Waals surface area contributed by atoms with E-state index >= 15 is 0 Å². The number of alkyl halides is 3. The van der Waals surface area contributed by atoms with Crippen molar-refractivity contribution >= 4 is 16.9 Å². The van der Waals surface area contributed by atoms with Crippen LogP contribution >= 0.6 is 0 Å². The van der Waals surface area contributed by atoms with Gasteiger partial charge in [-0.3, -0.25) is 4.79 Å². The van der Waals surface area contributed by atoms with Gasteiger partial charge in [-0.2, -0.15) is 13.2 Å². The number of benzene rings is 1. The van der Waals surface area contributed by atoms with Gasteiger partial charge < -0.3 is 9.47 Å². The predicted octanol–water partition coefficient (Wildman–Crippen LogP) is 4.24. The molecule has 2 aromatic rings. The number of likely N-dealkylation sites (tertiary alicyclic amines) is 1. The molecule has 1 saturated heterocycles. The van der Waals surface area contributed by atoms with Gasteiger partial charge in [-0.15, -0.1) is 0 Å². The SMILES string of the molecule is Cc1nc2ccc(F)cc2n1C1CCN(C(=O)C(C)CC(F)(F)F)CC1. The van der Waals surface area contributed by atoms with Gasteiger partial charge in [0.1, 0.15) is 11.6 Å². The number of piperidine rings is 1. The third-order valence-electron chi connectivity index (χ3n) is 4.93. The van der Waals surface area contributed by atoms with Crippen molar-refractivity contribution < 1.29 is 22.4 Å². The molecule has 0 N–H and O–H groups in total. The maximum absolute atomic E-state index is 13.6. The first kappa shape index (κ1) is 18.7. The molecule has 2 heterocycles. The Morgan fingerprint density at radius 1 is 1.31 bits per heavy atom. The van der Waals surface area contributed by atoms with E-state index in [0.29, 0.717) is 37.0 Å². The summed E-state index contributed by atoms with van der Waals surface area (Å²) >= 11 is 0. The average Bonchev–Trinajstić information content (AvgIpc) is 2.88. The summed E-state index contributed by atoms with van der Waals surface area (Å²) < 4.78 is 53.1. The first-order chi connectivity index (χ1) is 12.2. The van der Waals surface area contributed by atoms with E-state index < -0.39 is 24.4 Å². The lowest BCUT2D eigenvalue weighted by molar-refractivity contribution is -0.158. The van der Waals surface area contributed by atoms with Crippen molar-refractivity contribution in [3.05, 3.63) is 29.8 Å². The standard InChI is InChI=1S/C18H21F4N3O/c1-11(10-18(20,21)22)17(26)24-7-5-14(6-8-24)25-12(2)23-15-4-3-13(19)9-16(15)25/h3-4,9,11,14H,5-8,10H2,1-2H3. The van der Waals surface area contributed by atoms with Crippen LogP contribution in [0.2, 0.25) is 0 Å². The highest BCUT2D eigenvalue weighted by Gasteiger charge is 2.35. The van der Waals surface area contributed by atoms with Gasteiger partial charge in [-0.25, -0.2) is 9.37 Å². The van der Waals surface area contributed by atoms with Crippen LogP contribution in [0.3, 0.4) is 0 Å². The second-order valence-electron chi connectivity index (χ2n) is 6.94. The van der Waals surface area contributed by atoms with E-state index in [2.05, 4.69) is 4.98 Å². The highest BCUT2D eigenvalue weighted by Crippen LogP contribution is 2.31. The molecular formula is C18H21F4N3O. The molecule has 1 aromatic carbocycles. The summed E-state index contributed by atoms with van der Waals surface area (Å²) in [6.07, 6.45) is -4.23. The number of nitrogens with zero attached hydrogens (tertiary/aromatic N) is 3. The highest BCUT2D eigenvalue weighted by molar-refractivity contribution is 5.79. The topological polar surface area (TPSA) is 38.1 Å². The number of aryl methyl sites for hydroxylation is 1. The van der Waals surface area contributed by atoms with Gasteiger partial charge in [-0.05, 0) is 38.0 Å². The Balaban J connectivity index is 1.70. The molecule has 0 bridgehead atoms. The predicted molar refractivity (Wildman–Crippen MR) is 89.1 cm³/mol. The molecule has 1 aromatic heterocycles. The Labute approximate surface area is 148 Å². The zero-order valence-electron chi connectivity index (χ0n) is 14.7. The second-order valence-corrected chi connectivity index (χ2v) is 6.94. The molecule has 0 aliphatic carbocycles. The maximum atomic E-state index is 13.6. The molecule has 142 valence electrons. The third kappa shape index (κ3) is 3.83. The molecule has 0 saturated carbocycles. The normalized spacial score (nSPS) is 17.7. The summed E-state index contributed by atoms with van der Waals surface area (Å²) in [4.78, 5) is 18.2. The molecule has 1 aliphatic rings. The van der Waals surface area contributed by atoms with Gasteiger partial charge >= 0.3 is 6.18 Å². The Morgan fingerprint density at radius 3 is 2.58 bits per heavy atom. The van der Waals surface area contributed by atoms with Crippen LogP contribution < -0.4 is 0 Å². The zero-order chi connectivity index (χ0) is 19.1. The van der Waals surface area contributed by atoms with E-state index in [1.54, 1.807) is 6.07 Å². The fourth-order valence-corrected chi connectivity index (χ4v) is 3.74. The smallest absolute Gasteiger partial charge is 0.342 e. The van der Waals surface area contributed by atoms with E-state index in [1.807, 2.05) is 11.5 Å². The van der Waals surface area contributed by atoms with Crippen molar-refractivity contribution in [3.63, 3.8) is 0 Å². The van der Waals surface area contributed by atoms with Crippen LogP contribution in [-0.2, 0) is 4.79 Å². The van der Waals surface area contributed by atoms with Crippen molar-refractivity contribution in [1.29, 1.82) is 0 Å². The Bertz CT molecular complexity index is 807. The number of hydrogen-bond donors (Lipinski definition) is 0. The summed E-state index contributed by atoms with van der Waals surface area (Å²) in [6, 6.07) is 4.48. The van der Waals surface area contributed by atoms with E-state index in [1.165, 1.54) is 24.0 Å². The van der Waals surface area contributed by atoms with Gasteiger partial charge in [0.2, 0.25) is 5.91 Å². The molecule has 1 unspecified atom stereocenters. The molecule has 1 aliphatic heterocycles. The van der Waals surface area contributed by atoms with Crippen molar-refractivity contribution in [1.82, 2.24) is 14.5 Å². The molecule has 3 rings (SSSR count). The first-order valence-corrected chi connectivity index (χ1v) is 8.65. The van der Waals surface area contributed by atoms with Gasteiger partial charge in [-0.1, -0.05) is 6.92 Å². The summed E-state index contributed by atoms with van der Waals surface area (Å²) in [5, 5.41) is 0. The van der Waals surface area contributed by atoms with Crippen LogP contribution in [0.4, 0.5) is 17.6 Å². The maximum Gasteiger partial charge on any atom is 0.389 e. The van der Waals surface area contributed by atoms with Gasteiger partial charge in [0, 0.05) is 25.0 Å². The summed E-state index contributed by atoms with van der Waals surface area (Å²) in [7, 11) is 0. The Kier molecular flexibility index (Phi) is 4.94. The lowest BCUT2D eigenvalue weighted by Gasteiger charge is -2.35. The van der Waals surface area contributed by atoms with Crippen molar-refractivity contribution in [2.45, 2.75) is 45.3 Å². The molecule has 0 spiro atoms. The zero-order valence-corrected chi connectivity index (χ0v) is 14.7. The largest absolute Gasteiger partial charge is 0.389 e. The molecule has 1 fully saturated rings. The lowest BCUT2D eigenvalue weighted by Crippen LogP contribution is -2.42. The van der Waals surface area contributed by atoms with Gasteiger partial charge in [0.05, 0.1) is 17.5 Å². The number of imidazole rings is 1. The summed E-state index contributed by atoms with van der Waals surface area (Å²) in [5.41, 5.74) is 1.42. The fourth-order valence-electron chi connectivity index (χ4n) is 3.74. The molecule has 1 amide bonds. The Hall–Kier alpha value is -2.12. The minimum atomic E-state index is -4.34. The number of carbonyl (C=O) groups excluding carboxylic acids is 1. The Morgan fingerprint density at radius 2 is 1.96 bits per heavy atom. The van der Waals surface area contributed by atoms with Crippen LogP contribution in [-0.4, -0.2) is 39.6 Å². The van der Waals surface area contributed by atoms with Gasteiger partial charge in [0.25, 0.3) is 0 Å². The number of amides is 1. The number of carbonyl (C=O) groups is 1. The molecule has 4 nitrogen and oxygen atoms in total. The van der Waals surface area contributed by atoms with Crippen LogP contribution in [0, 0.1) is 18.7 Å². The summed E-state index contributed by atoms with van der Waals surface area (Å²) in [5.74, 6) is -1.11. The number of hydrogen-bond acceptors (Lipinski definition) is 2. The van der Waals surface area contributed by atoms with Crippen molar-refractivity contribution in [2.75, 3.05) is 13.1 Å². The quantitative estimate of drug-likeness (QED) is 0.757. The van der Waals surface area contributed by atoms with Crippen molar-refractivity contribution in [2.24, 2.45) is 5.92 Å². The van der Waals surface area contributed by atoms with E-state index in [-0.39, 0.29) is 11.9 Å². The highest BCUT2D eigenvalue weighted by atomic mass is 19.4. The van der Waals surface area contributed by atoms with Crippen molar-refractivity contribution in [3.8, 4) is 0 Å². The number of halogens is 4. The molecular weight excluding hydrogens is 350 g/mol. The summed E-state index contributed by atoms with van der Waals surface area (Å²) in [6.45, 7) is 3.94. The van der Waals surface area contributed by atoms with E-state index in [4.69, 9.17) is 0 Å². The second kappa shape index (κ2) is 6.89. The van der Waals surface area contributed by atoms with Crippen LogP contribution in [0.1, 0.15) is 38.1 Å². The minimum Gasteiger partial charge on any atom is -0.342 e. The van der Waals surface area contributed by atoms with Crippen LogP contribution in [0.5, 0.6) is 0 Å². The molecule has 26 heavy (non-hydrogen) atoms. The van der Waals surface area contributed by atoms with Crippen LogP contribution in [0.25, 0.3) is 11.0 Å². The molecule has 0 radical (unpaired) electrons.